The number of allylic oxidation sites excluding steroid dienone is 1. The van der Waals surface area contributed by atoms with Crippen LogP contribution in [0.15, 0.2) is 11.6 Å². The maximum Gasteiger partial charge on any atom is 0.405 e. The van der Waals surface area contributed by atoms with Crippen molar-refractivity contribution in [2.75, 3.05) is 13.1 Å². The Labute approximate surface area is 99.5 Å². The number of hydrogen-bond acceptors (Lipinski definition) is 2. The van der Waals surface area contributed by atoms with Crippen molar-refractivity contribution in [3.8, 4) is 6.07 Å². The van der Waals surface area contributed by atoms with Crippen LogP contribution in [-0.2, 0) is 0 Å². The van der Waals surface area contributed by atoms with Crippen molar-refractivity contribution in [2.24, 2.45) is 5.92 Å². The third-order valence-corrected chi connectivity index (χ3v) is 2.91. The summed E-state index contributed by atoms with van der Waals surface area (Å²) in [5.74, 6) is -1.90. The molecule has 0 aliphatic heterocycles. The summed E-state index contributed by atoms with van der Waals surface area (Å²) in [6.45, 7) is 0.202. The Morgan fingerprint density at radius 3 is 2.71 bits per heavy atom. The van der Waals surface area contributed by atoms with E-state index in [1.54, 1.807) is 0 Å². The molecule has 1 rings (SSSR count). The van der Waals surface area contributed by atoms with Crippen LogP contribution < -0.4 is 5.32 Å². The summed E-state index contributed by atoms with van der Waals surface area (Å²) in [7, 11) is 0. The van der Waals surface area contributed by atoms with E-state index in [0.717, 1.165) is 19.3 Å². The minimum absolute atomic E-state index is 0.312. The molecule has 0 aromatic carbocycles. The average Bonchev–Trinajstić information content (AvgIpc) is 2.28. The van der Waals surface area contributed by atoms with E-state index in [0.29, 0.717) is 6.54 Å². The number of hydrogen-bond donors (Lipinski definition) is 1. The van der Waals surface area contributed by atoms with Crippen LogP contribution in [0.1, 0.15) is 32.1 Å². The fourth-order valence-electron chi connectivity index (χ4n) is 1.86. The molecule has 17 heavy (non-hydrogen) atoms. The molecule has 1 N–H and O–H groups in total. The fourth-order valence-corrected chi connectivity index (χ4v) is 1.86. The molecule has 0 amide bonds. The summed E-state index contributed by atoms with van der Waals surface area (Å²) >= 11 is 0. The first-order valence-electron chi connectivity index (χ1n) is 5.89. The maximum absolute atomic E-state index is 12.2. The molecule has 5 heteroatoms. The zero-order valence-corrected chi connectivity index (χ0v) is 9.69. The van der Waals surface area contributed by atoms with E-state index in [1.165, 1.54) is 24.5 Å². The molecule has 1 atom stereocenters. The smallest absolute Gasteiger partial charge is 0.315 e. The zero-order chi connectivity index (χ0) is 12.7. The van der Waals surface area contributed by atoms with E-state index in [4.69, 9.17) is 5.26 Å². The largest absolute Gasteiger partial charge is 0.405 e. The first-order chi connectivity index (χ1) is 8.04. The lowest BCUT2D eigenvalue weighted by Gasteiger charge is -2.15. The molecule has 2 nitrogen and oxygen atoms in total. The van der Waals surface area contributed by atoms with Gasteiger partial charge in [0, 0.05) is 6.54 Å². The second kappa shape index (κ2) is 6.65. The van der Waals surface area contributed by atoms with Gasteiger partial charge in [0.25, 0.3) is 0 Å². The number of rotatable bonds is 5. The van der Waals surface area contributed by atoms with Crippen molar-refractivity contribution >= 4 is 0 Å². The zero-order valence-electron chi connectivity index (χ0n) is 9.69. The van der Waals surface area contributed by atoms with E-state index in [9.17, 15) is 13.2 Å². The molecule has 0 spiro atoms. The van der Waals surface area contributed by atoms with Crippen molar-refractivity contribution in [1.82, 2.24) is 5.32 Å². The van der Waals surface area contributed by atoms with E-state index in [2.05, 4.69) is 11.4 Å². The molecule has 0 saturated carbocycles. The van der Waals surface area contributed by atoms with Crippen LogP contribution in [-0.4, -0.2) is 19.3 Å². The predicted molar refractivity (Wildman–Crippen MR) is 59.2 cm³/mol. The highest BCUT2D eigenvalue weighted by Crippen LogP contribution is 2.25. The van der Waals surface area contributed by atoms with Gasteiger partial charge >= 0.3 is 6.18 Å². The summed E-state index contributed by atoms with van der Waals surface area (Å²) in [4.78, 5) is 0. The van der Waals surface area contributed by atoms with Gasteiger partial charge in [0.2, 0.25) is 0 Å². The van der Waals surface area contributed by atoms with Crippen LogP contribution in [0.4, 0.5) is 13.2 Å². The van der Waals surface area contributed by atoms with E-state index in [-0.39, 0.29) is 6.54 Å². The van der Waals surface area contributed by atoms with Crippen molar-refractivity contribution in [3.63, 3.8) is 0 Å². The molecule has 0 bridgehead atoms. The minimum Gasteiger partial charge on any atom is -0.315 e. The van der Waals surface area contributed by atoms with E-state index >= 15 is 0 Å². The molecule has 0 heterocycles. The van der Waals surface area contributed by atoms with Gasteiger partial charge in [0.05, 0.1) is 6.07 Å². The topological polar surface area (TPSA) is 35.8 Å². The van der Waals surface area contributed by atoms with Gasteiger partial charge in [-0.25, -0.2) is 0 Å². The summed E-state index contributed by atoms with van der Waals surface area (Å²) in [5, 5.41) is 11.1. The number of halogens is 3. The van der Waals surface area contributed by atoms with E-state index in [1.807, 2.05) is 0 Å². The first-order valence-corrected chi connectivity index (χ1v) is 5.89. The molecular weight excluding hydrogens is 229 g/mol. The Kier molecular flexibility index (Phi) is 5.49. The molecule has 1 aliphatic rings. The molecule has 1 unspecified atom stereocenters. The van der Waals surface area contributed by atoms with E-state index < -0.39 is 12.1 Å². The third-order valence-electron chi connectivity index (χ3n) is 2.91. The number of nitrogens with one attached hydrogen (secondary N) is 1. The monoisotopic (exact) mass is 246 g/mol. The Hall–Kier alpha value is -1.02. The van der Waals surface area contributed by atoms with Gasteiger partial charge in [-0.1, -0.05) is 11.6 Å². The Morgan fingerprint density at radius 1 is 1.41 bits per heavy atom. The molecular formula is C12H17F3N2. The summed E-state index contributed by atoms with van der Waals surface area (Å²) in [5.41, 5.74) is 1.32. The van der Waals surface area contributed by atoms with Gasteiger partial charge in [-0.3, -0.25) is 0 Å². The lowest BCUT2D eigenvalue weighted by atomic mass is 9.97. The van der Waals surface area contributed by atoms with Crippen LogP contribution in [0.3, 0.4) is 0 Å². The molecule has 96 valence electrons. The van der Waals surface area contributed by atoms with Gasteiger partial charge in [-0.05, 0) is 38.6 Å². The van der Waals surface area contributed by atoms with Crippen molar-refractivity contribution in [3.05, 3.63) is 11.6 Å². The average molecular weight is 246 g/mol. The maximum atomic E-state index is 12.2. The molecule has 0 fully saturated rings. The third kappa shape index (κ3) is 5.22. The normalized spacial score (nSPS) is 18.4. The molecule has 1 aliphatic carbocycles. The minimum atomic E-state index is -4.42. The second-order valence-electron chi connectivity index (χ2n) is 4.29. The molecule has 0 saturated heterocycles. The standard InChI is InChI=1S/C12H17F3N2/c13-12(14,15)11(8-16)9-17-7-6-10-4-2-1-3-5-10/h4,11,17H,1-3,5-7,9H2. The highest BCUT2D eigenvalue weighted by atomic mass is 19.4. The quantitative estimate of drug-likeness (QED) is 0.597. The Balaban J connectivity index is 2.19. The number of nitriles is 1. The summed E-state index contributed by atoms with van der Waals surface area (Å²) in [6, 6.07) is 1.28. The predicted octanol–water partition coefficient (Wildman–Crippen LogP) is 3.17. The number of alkyl halides is 3. The molecule has 0 aromatic rings. The van der Waals surface area contributed by atoms with Crippen LogP contribution in [0.25, 0.3) is 0 Å². The highest BCUT2D eigenvalue weighted by molar-refractivity contribution is 5.05. The fraction of sp³-hybridized carbons (Fsp3) is 0.750. The van der Waals surface area contributed by atoms with Crippen LogP contribution in [0, 0.1) is 17.2 Å². The van der Waals surface area contributed by atoms with Gasteiger partial charge in [0.15, 0.2) is 5.92 Å². The first kappa shape index (κ1) is 14.0. The second-order valence-corrected chi connectivity index (χ2v) is 4.29. The van der Waals surface area contributed by atoms with Crippen molar-refractivity contribution in [1.29, 1.82) is 5.26 Å². The van der Waals surface area contributed by atoms with Gasteiger partial charge < -0.3 is 5.32 Å². The molecule has 0 aromatic heterocycles. The van der Waals surface area contributed by atoms with Crippen LogP contribution in [0.2, 0.25) is 0 Å². The SMILES string of the molecule is N#CC(CNCCC1=CCCCC1)C(F)(F)F. The molecule has 0 radical (unpaired) electrons. The Morgan fingerprint density at radius 2 is 2.18 bits per heavy atom. The highest BCUT2D eigenvalue weighted by Gasteiger charge is 2.39. The number of nitrogens with zero attached hydrogens (tertiary/aromatic N) is 1. The van der Waals surface area contributed by atoms with Crippen molar-refractivity contribution < 1.29 is 13.2 Å². The van der Waals surface area contributed by atoms with Crippen molar-refractivity contribution in [2.45, 2.75) is 38.3 Å². The lowest BCUT2D eigenvalue weighted by molar-refractivity contribution is -0.157. The van der Waals surface area contributed by atoms with Crippen LogP contribution in [0.5, 0.6) is 0 Å². The van der Waals surface area contributed by atoms with Gasteiger partial charge in [-0.2, -0.15) is 18.4 Å². The summed E-state index contributed by atoms with van der Waals surface area (Å²) in [6.07, 6.45) is 3.07. The van der Waals surface area contributed by atoms with Gasteiger partial charge in [-0.15, -0.1) is 0 Å². The lowest BCUT2D eigenvalue weighted by Crippen LogP contribution is -2.33. The Bertz CT molecular complexity index is 302. The summed E-state index contributed by atoms with van der Waals surface area (Å²) < 4.78 is 36.7. The van der Waals surface area contributed by atoms with Gasteiger partial charge in [0.1, 0.15) is 0 Å². The van der Waals surface area contributed by atoms with Crippen LogP contribution >= 0.6 is 0 Å².